The van der Waals surface area contributed by atoms with E-state index in [1.807, 2.05) is 50.3 Å². The normalized spacial score (nSPS) is 10.1. The highest BCUT2D eigenvalue weighted by Crippen LogP contribution is 2.08. The summed E-state index contributed by atoms with van der Waals surface area (Å²) >= 11 is 1.65. The molecule has 3 nitrogen and oxygen atoms in total. The number of nitrogens with zero attached hydrogens (tertiary/aromatic N) is 3. The minimum atomic E-state index is 0.861. The van der Waals surface area contributed by atoms with Crippen molar-refractivity contribution >= 4 is 17.8 Å². The first-order valence-electron chi connectivity index (χ1n) is 6.22. The predicted octanol–water partition coefficient (Wildman–Crippen LogP) is 4.01. The Labute approximate surface area is 119 Å². The van der Waals surface area contributed by atoms with Gasteiger partial charge in [-0.1, -0.05) is 30.8 Å². The maximum Gasteiger partial charge on any atom is 0.187 e. The third-order valence-corrected chi connectivity index (χ3v) is 2.82. The van der Waals surface area contributed by atoms with E-state index >= 15 is 0 Å². The van der Waals surface area contributed by atoms with E-state index in [2.05, 4.69) is 21.9 Å². The maximum atomic E-state index is 4.28. The maximum absolute atomic E-state index is 4.28. The Morgan fingerprint density at radius 2 is 1.89 bits per heavy atom. The second-order valence-electron chi connectivity index (χ2n) is 3.67. The minimum absolute atomic E-state index is 0.861. The molecule has 0 aliphatic heterocycles. The molecule has 0 bridgehead atoms. The fourth-order valence-electron chi connectivity index (χ4n) is 1.32. The van der Waals surface area contributed by atoms with Crippen LogP contribution in [0.2, 0.25) is 0 Å². The van der Waals surface area contributed by atoms with Gasteiger partial charge in [0.05, 0.1) is 5.69 Å². The third kappa shape index (κ3) is 6.72. The highest BCUT2D eigenvalue weighted by molar-refractivity contribution is 7.99. The summed E-state index contributed by atoms with van der Waals surface area (Å²) in [4.78, 5) is 12.3. The molecule has 0 aromatic carbocycles. The molecule has 2 rings (SSSR count). The monoisotopic (exact) mass is 273 g/mol. The summed E-state index contributed by atoms with van der Waals surface area (Å²) in [5.74, 6) is 1.03. The van der Waals surface area contributed by atoms with Crippen LogP contribution in [-0.4, -0.2) is 20.7 Å². The summed E-state index contributed by atoms with van der Waals surface area (Å²) in [5.41, 5.74) is 2.10. The number of aryl methyl sites for hydroxylation is 1. The number of allylic oxidation sites excluding steroid dienone is 1. The number of pyridine rings is 1. The zero-order chi connectivity index (χ0) is 13.9. The molecule has 19 heavy (non-hydrogen) atoms. The van der Waals surface area contributed by atoms with E-state index in [1.165, 1.54) is 0 Å². The van der Waals surface area contributed by atoms with E-state index in [4.69, 9.17) is 0 Å². The molecule has 2 heterocycles. The molecule has 2 aromatic heterocycles. The first-order chi connectivity index (χ1) is 9.26. The topological polar surface area (TPSA) is 38.7 Å². The highest BCUT2D eigenvalue weighted by Gasteiger charge is 1.88. The molecule has 0 radical (unpaired) electrons. The van der Waals surface area contributed by atoms with Crippen LogP contribution in [0.3, 0.4) is 0 Å². The molecule has 4 heteroatoms. The quantitative estimate of drug-likeness (QED) is 0.625. The van der Waals surface area contributed by atoms with Crippen LogP contribution in [0.5, 0.6) is 0 Å². The van der Waals surface area contributed by atoms with Gasteiger partial charge in [0, 0.05) is 18.1 Å². The van der Waals surface area contributed by atoms with Gasteiger partial charge in [-0.2, -0.15) is 0 Å². The van der Waals surface area contributed by atoms with Crippen LogP contribution in [-0.2, 0) is 0 Å². The number of thioether (sulfide) groups is 1. The smallest absolute Gasteiger partial charge is 0.187 e. The van der Waals surface area contributed by atoms with Gasteiger partial charge in [-0.3, -0.25) is 4.98 Å². The highest BCUT2D eigenvalue weighted by atomic mass is 32.2. The molecule has 2 aromatic rings. The predicted molar refractivity (Wildman–Crippen MR) is 82.1 cm³/mol. The van der Waals surface area contributed by atoms with Gasteiger partial charge in [0.15, 0.2) is 5.16 Å². The Morgan fingerprint density at radius 1 is 1.16 bits per heavy atom. The van der Waals surface area contributed by atoms with Gasteiger partial charge in [0.1, 0.15) is 0 Å². The lowest BCUT2D eigenvalue weighted by atomic mass is 10.3. The molecule has 100 valence electrons. The molecule has 0 unspecified atom stereocenters. The lowest BCUT2D eigenvalue weighted by Gasteiger charge is -1.92. The average Bonchev–Trinajstić information content (AvgIpc) is 2.41. The van der Waals surface area contributed by atoms with E-state index in [-0.39, 0.29) is 0 Å². The Balaban J connectivity index is 0.000000191. The van der Waals surface area contributed by atoms with E-state index in [0.29, 0.717) is 0 Å². The zero-order valence-corrected chi connectivity index (χ0v) is 12.4. The standard InChI is InChI=1S/C9H11N.C6H8N2S/c1-3-5-9-7-4-6-8(2)10-9;1-2-9-6-7-4-3-5-8-6/h3-7H,1-2H3;3-5H,2H2,1H3/b5-3+;. The largest absolute Gasteiger partial charge is 0.254 e. The van der Waals surface area contributed by atoms with Gasteiger partial charge in [0.2, 0.25) is 0 Å². The van der Waals surface area contributed by atoms with Crippen LogP contribution in [0, 0.1) is 6.92 Å². The lowest BCUT2D eigenvalue weighted by molar-refractivity contribution is 0.967. The summed E-state index contributed by atoms with van der Waals surface area (Å²) in [7, 11) is 0. The average molecular weight is 273 g/mol. The molecular formula is C15H19N3S. The van der Waals surface area contributed by atoms with Crippen molar-refractivity contribution in [2.45, 2.75) is 25.9 Å². The van der Waals surface area contributed by atoms with Crippen molar-refractivity contribution in [2.75, 3.05) is 5.75 Å². The molecular weight excluding hydrogens is 254 g/mol. The fourth-order valence-corrected chi connectivity index (χ4v) is 1.85. The summed E-state index contributed by atoms with van der Waals surface area (Å²) in [6.07, 6.45) is 7.49. The van der Waals surface area contributed by atoms with E-state index in [0.717, 1.165) is 22.3 Å². The lowest BCUT2D eigenvalue weighted by Crippen LogP contribution is -1.82. The van der Waals surface area contributed by atoms with Crippen LogP contribution in [0.4, 0.5) is 0 Å². The van der Waals surface area contributed by atoms with E-state index < -0.39 is 0 Å². The molecule has 0 aliphatic rings. The Morgan fingerprint density at radius 3 is 2.47 bits per heavy atom. The van der Waals surface area contributed by atoms with Gasteiger partial charge in [0.25, 0.3) is 0 Å². The van der Waals surface area contributed by atoms with Gasteiger partial charge in [-0.25, -0.2) is 9.97 Å². The third-order valence-electron chi connectivity index (χ3n) is 2.06. The van der Waals surface area contributed by atoms with Crippen molar-refractivity contribution in [1.29, 1.82) is 0 Å². The van der Waals surface area contributed by atoms with E-state index in [1.54, 1.807) is 24.2 Å². The molecule has 0 fully saturated rings. The van der Waals surface area contributed by atoms with Gasteiger partial charge < -0.3 is 0 Å². The van der Waals surface area contributed by atoms with Crippen molar-refractivity contribution in [2.24, 2.45) is 0 Å². The Kier molecular flexibility index (Phi) is 7.51. The second-order valence-corrected chi connectivity index (χ2v) is 4.90. The van der Waals surface area contributed by atoms with Crippen LogP contribution < -0.4 is 0 Å². The Bertz CT molecular complexity index is 498. The van der Waals surface area contributed by atoms with Crippen LogP contribution in [0.1, 0.15) is 25.2 Å². The van der Waals surface area contributed by atoms with Crippen LogP contribution in [0.25, 0.3) is 6.08 Å². The number of aromatic nitrogens is 3. The molecule has 0 N–H and O–H groups in total. The van der Waals surface area contributed by atoms with Crippen molar-refractivity contribution in [3.05, 3.63) is 54.1 Å². The number of hydrogen-bond donors (Lipinski definition) is 0. The molecule has 0 spiro atoms. The van der Waals surface area contributed by atoms with Gasteiger partial charge in [-0.15, -0.1) is 0 Å². The van der Waals surface area contributed by atoms with Crippen molar-refractivity contribution in [3.63, 3.8) is 0 Å². The van der Waals surface area contributed by atoms with Gasteiger partial charge >= 0.3 is 0 Å². The SMILES string of the molecule is C/C=C/c1cccc(C)n1.CCSc1ncccn1. The van der Waals surface area contributed by atoms with Crippen molar-refractivity contribution in [1.82, 2.24) is 15.0 Å². The van der Waals surface area contributed by atoms with Gasteiger partial charge in [-0.05, 0) is 43.9 Å². The first-order valence-corrected chi connectivity index (χ1v) is 7.21. The Hall–Kier alpha value is -1.68. The molecule has 0 aliphatic carbocycles. The molecule has 0 atom stereocenters. The summed E-state index contributed by atoms with van der Waals surface area (Å²) in [5, 5.41) is 0.861. The molecule has 0 saturated carbocycles. The summed E-state index contributed by atoms with van der Waals surface area (Å²) in [6.45, 7) is 6.07. The number of rotatable bonds is 3. The first kappa shape index (κ1) is 15.4. The van der Waals surface area contributed by atoms with Crippen LogP contribution in [0.15, 0.2) is 47.9 Å². The molecule has 0 amide bonds. The summed E-state index contributed by atoms with van der Waals surface area (Å²) < 4.78 is 0. The molecule has 0 saturated heterocycles. The van der Waals surface area contributed by atoms with Crippen molar-refractivity contribution < 1.29 is 0 Å². The summed E-state index contributed by atoms with van der Waals surface area (Å²) in [6, 6.07) is 7.82. The van der Waals surface area contributed by atoms with E-state index in [9.17, 15) is 0 Å². The van der Waals surface area contributed by atoms with Crippen LogP contribution >= 0.6 is 11.8 Å². The zero-order valence-electron chi connectivity index (χ0n) is 11.6. The second kappa shape index (κ2) is 9.28. The fraction of sp³-hybridized carbons (Fsp3) is 0.267. The number of hydrogen-bond acceptors (Lipinski definition) is 4. The minimum Gasteiger partial charge on any atom is -0.254 e. The van der Waals surface area contributed by atoms with Crippen molar-refractivity contribution in [3.8, 4) is 0 Å².